The summed E-state index contributed by atoms with van der Waals surface area (Å²) >= 11 is 0. The van der Waals surface area contributed by atoms with Crippen molar-refractivity contribution in [1.29, 1.82) is 10.8 Å². The summed E-state index contributed by atoms with van der Waals surface area (Å²) in [7, 11) is 0. The fourth-order valence-corrected chi connectivity index (χ4v) is 3.37. The lowest BCUT2D eigenvalue weighted by molar-refractivity contribution is 0.0546. The summed E-state index contributed by atoms with van der Waals surface area (Å²) < 4.78 is 18.4. The van der Waals surface area contributed by atoms with Crippen LogP contribution in [0.1, 0.15) is 49.9 Å². The topological polar surface area (TPSA) is 131 Å². The van der Waals surface area contributed by atoms with Crippen LogP contribution in [0.25, 0.3) is 22.6 Å². The molecule has 33 heavy (non-hydrogen) atoms. The van der Waals surface area contributed by atoms with Gasteiger partial charge in [-0.05, 0) is 27.7 Å². The molecule has 0 fully saturated rings. The van der Waals surface area contributed by atoms with E-state index in [2.05, 4.69) is 0 Å². The number of hydrogen-bond acceptors (Lipinski definition) is 5. The Kier molecular flexibility index (Phi) is 7.68. The van der Waals surface area contributed by atoms with E-state index < -0.39 is 0 Å². The highest BCUT2D eigenvalue weighted by Gasteiger charge is 2.24. The average Bonchev–Trinajstić information content (AvgIpc) is 3.14. The highest BCUT2D eigenvalue weighted by atomic mass is 16.5. The van der Waals surface area contributed by atoms with E-state index in [9.17, 15) is 0 Å². The standard InChI is InChI=1S/C26H32N4O3/c1-15(2)31-13-21-22(14-32-16(3)4)24(18-7-11-20(12-8-18)26(29)30)33-23(21)17-5-9-19(10-6-17)25(27)28/h5-12,15-16H,13-14H2,1-4H3,(H3,27,28)(H3,29,30). The molecule has 174 valence electrons. The molecule has 0 unspecified atom stereocenters. The van der Waals surface area contributed by atoms with Gasteiger partial charge in [-0.1, -0.05) is 48.5 Å². The fraction of sp³-hybridized carbons (Fsp3) is 0.308. The maximum Gasteiger partial charge on any atom is 0.140 e. The zero-order valence-electron chi connectivity index (χ0n) is 19.6. The minimum Gasteiger partial charge on any atom is -0.455 e. The summed E-state index contributed by atoms with van der Waals surface area (Å²) in [5.74, 6) is 1.42. The molecule has 0 atom stereocenters. The molecule has 0 aliphatic heterocycles. The molecule has 6 N–H and O–H groups in total. The molecule has 1 heterocycles. The first-order valence-electron chi connectivity index (χ1n) is 10.9. The molecule has 2 aromatic carbocycles. The van der Waals surface area contributed by atoms with Gasteiger partial charge in [-0.2, -0.15) is 0 Å². The number of ether oxygens (including phenoxy) is 2. The third-order valence-corrected chi connectivity index (χ3v) is 5.15. The van der Waals surface area contributed by atoms with E-state index in [-0.39, 0.29) is 23.9 Å². The van der Waals surface area contributed by atoms with Crippen LogP contribution in [0.4, 0.5) is 0 Å². The Bertz CT molecular complexity index is 1030. The third kappa shape index (κ3) is 5.88. The van der Waals surface area contributed by atoms with Crippen molar-refractivity contribution in [2.24, 2.45) is 11.5 Å². The predicted molar refractivity (Wildman–Crippen MR) is 131 cm³/mol. The number of amidine groups is 2. The molecule has 0 saturated heterocycles. The zero-order chi connectivity index (χ0) is 24.1. The largest absolute Gasteiger partial charge is 0.455 e. The number of nitrogen functional groups attached to an aromatic ring is 2. The lowest BCUT2D eigenvalue weighted by Crippen LogP contribution is -2.10. The molecule has 3 aromatic rings. The van der Waals surface area contributed by atoms with E-state index >= 15 is 0 Å². The SMILES string of the molecule is CC(C)OCc1c(-c2ccc(C(=N)N)cc2)oc(-c2ccc(C(=N)N)cc2)c1COC(C)C. The van der Waals surface area contributed by atoms with Crippen molar-refractivity contribution >= 4 is 11.7 Å². The Hall–Kier alpha value is -3.42. The van der Waals surface area contributed by atoms with Crippen molar-refractivity contribution in [3.05, 3.63) is 70.8 Å². The third-order valence-electron chi connectivity index (χ3n) is 5.15. The second-order valence-corrected chi connectivity index (χ2v) is 8.42. The first-order valence-corrected chi connectivity index (χ1v) is 10.9. The number of nitrogens with one attached hydrogen (secondary N) is 2. The normalized spacial score (nSPS) is 11.3. The van der Waals surface area contributed by atoms with Crippen LogP contribution in [0.15, 0.2) is 52.9 Å². The van der Waals surface area contributed by atoms with Crippen LogP contribution >= 0.6 is 0 Å². The van der Waals surface area contributed by atoms with Crippen LogP contribution in [0.5, 0.6) is 0 Å². The lowest BCUT2D eigenvalue weighted by atomic mass is 10.0. The molecule has 0 amide bonds. The Labute approximate surface area is 194 Å². The Morgan fingerprint density at radius 3 is 1.30 bits per heavy atom. The maximum absolute atomic E-state index is 7.65. The summed E-state index contributed by atoms with van der Waals surface area (Å²) in [6, 6.07) is 14.8. The monoisotopic (exact) mass is 448 g/mol. The molecule has 1 aromatic heterocycles. The number of benzene rings is 2. The molecular weight excluding hydrogens is 416 g/mol. The van der Waals surface area contributed by atoms with E-state index in [1.807, 2.05) is 52.0 Å². The molecule has 0 aliphatic carbocycles. The lowest BCUT2D eigenvalue weighted by Gasteiger charge is -2.12. The summed E-state index contributed by atoms with van der Waals surface area (Å²) in [5.41, 5.74) is 16.1. The smallest absolute Gasteiger partial charge is 0.140 e. The number of rotatable bonds is 10. The van der Waals surface area contributed by atoms with Crippen LogP contribution in [-0.4, -0.2) is 23.9 Å². The summed E-state index contributed by atoms with van der Waals surface area (Å²) in [4.78, 5) is 0. The molecule has 3 rings (SSSR count). The highest BCUT2D eigenvalue weighted by Crippen LogP contribution is 2.39. The maximum atomic E-state index is 7.65. The minimum atomic E-state index is 0.0154. The van der Waals surface area contributed by atoms with Gasteiger partial charge in [0, 0.05) is 33.4 Å². The molecule has 0 bridgehead atoms. The second-order valence-electron chi connectivity index (χ2n) is 8.42. The van der Waals surface area contributed by atoms with E-state index in [1.165, 1.54) is 0 Å². The number of nitrogens with two attached hydrogens (primary N) is 2. The van der Waals surface area contributed by atoms with Gasteiger partial charge in [-0.3, -0.25) is 10.8 Å². The van der Waals surface area contributed by atoms with Crippen molar-refractivity contribution in [3.8, 4) is 22.6 Å². The van der Waals surface area contributed by atoms with E-state index in [0.29, 0.717) is 35.9 Å². The quantitative estimate of drug-likeness (QED) is 0.255. The first-order chi connectivity index (χ1) is 15.7. The van der Waals surface area contributed by atoms with E-state index in [1.54, 1.807) is 24.3 Å². The summed E-state index contributed by atoms with van der Waals surface area (Å²) in [6.07, 6.45) is 0.0926. The van der Waals surface area contributed by atoms with Gasteiger partial charge in [-0.15, -0.1) is 0 Å². The van der Waals surface area contributed by atoms with Crippen LogP contribution < -0.4 is 11.5 Å². The van der Waals surface area contributed by atoms with Crippen LogP contribution in [0, 0.1) is 10.8 Å². The molecular formula is C26H32N4O3. The second kappa shape index (κ2) is 10.5. The van der Waals surface area contributed by atoms with Gasteiger partial charge in [0.05, 0.1) is 25.4 Å². The minimum absolute atomic E-state index is 0.0154. The number of furan rings is 1. The van der Waals surface area contributed by atoms with Crippen LogP contribution in [0.2, 0.25) is 0 Å². The summed E-state index contributed by atoms with van der Waals surface area (Å²) in [6.45, 7) is 8.71. The van der Waals surface area contributed by atoms with Crippen LogP contribution in [-0.2, 0) is 22.7 Å². The van der Waals surface area contributed by atoms with Gasteiger partial charge in [0.15, 0.2) is 0 Å². The van der Waals surface area contributed by atoms with Crippen molar-refractivity contribution < 1.29 is 13.9 Å². The van der Waals surface area contributed by atoms with Gasteiger partial charge < -0.3 is 25.4 Å². The first kappa shape index (κ1) is 24.2. The number of hydrogen-bond donors (Lipinski definition) is 4. The average molecular weight is 449 g/mol. The molecule has 0 spiro atoms. The van der Waals surface area contributed by atoms with Gasteiger partial charge in [0.2, 0.25) is 0 Å². The Morgan fingerprint density at radius 1 is 0.697 bits per heavy atom. The van der Waals surface area contributed by atoms with Gasteiger partial charge >= 0.3 is 0 Å². The van der Waals surface area contributed by atoms with Crippen molar-refractivity contribution in [2.75, 3.05) is 0 Å². The van der Waals surface area contributed by atoms with E-state index in [0.717, 1.165) is 22.3 Å². The fourth-order valence-electron chi connectivity index (χ4n) is 3.37. The zero-order valence-corrected chi connectivity index (χ0v) is 19.6. The summed E-state index contributed by atoms with van der Waals surface area (Å²) in [5, 5.41) is 15.3. The van der Waals surface area contributed by atoms with Crippen molar-refractivity contribution in [3.63, 3.8) is 0 Å². The Balaban J connectivity index is 2.16. The molecule has 7 heteroatoms. The molecule has 0 aliphatic rings. The van der Waals surface area contributed by atoms with E-state index in [4.69, 9.17) is 36.2 Å². The van der Waals surface area contributed by atoms with Crippen molar-refractivity contribution in [1.82, 2.24) is 0 Å². The van der Waals surface area contributed by atoms with Gasteiger partial charge in [0.1, 0.15) is 23.2 Å². The highest BCUT2D eigenvalue weighted by molar-refractivity contribution is 5.96. The Morgan fingerprint density at radius 2 is 1.03 bits per heavy atom. The van der Waals surface area contributed by atoms with Crippen molar-refractivity contribution in [2.45, 2.75) is 53.1 Å². The van der Waals surface area contributed by atoms with Gasteiger partial charge in [-0.25, -0.2) is 0 Å². The molecule has 7 nitrogen and oxygen atoms in total. The molecule has 0 radical (unpaired) electrons. The van der Waals surface area contributed by atoms with Crippen LogP contribution in [0.3, 0.4) is 0 Å². The molecule has 0 saturated carbocycles. The predicted octanol–water partition coefficient (Wildman–Crippen LogP) is 5.03. The van der Waals surface area contributed by atoms with Gasteiger partial charge in [0.25, 0.3) is 0 Å².